The number of nitrogens with zero attached hydrogens (tertiary/aromatic N) is 2. The number of imidazole rings is 1. The summed E-state index contributed by atoms with van der Waals surface area (Å²) in [5.41, 5.74) is 5.53. The summed E-state index contributed by atoms with van der Waals surface area (Å²) in [6, 6.07) is 0. The average molecular weight is 137 g/mol. The smallest absolute Gasteiger partial charge is 0.141 e. The van der Waals surface area contributed by atoms with E-state index in [9.17, 15) is 0 Å². The fraction of sp³-hybridized carbons (Fsp3) is 0.571. The standard InChI is InChI=1S/C7H11N3/c8-6-5-10-4-2-1-3-7(10)9-6/h5H,1-4,8H2. The molecule has 1 aromatic rings. The van der Waals surface area contributed by atoms with Crippen LogP contribution in [0.3, 0.4) is 0 Å². The van der Waals surface area contributed by atoms with Crippen LogP contribution < -0.4 is 5.73 Å². The van der Waals surface area contributed by atoms with Crippen LogP contribution in [0.15, 0.2) is 6.20 Å². The van der Waals surface area contributed by atoms with E-state index in [0.717, 1.165) is 18.8 Å². The van der Waals surface area contributed by atoms with E-state index in [2.05, 4.69) is 9.55 Å². The van der Waals surface area contributed by atoms with Gasteiger partial charge in [-0.25, -0.2) is 4.98 Å². The maximum atomic E-state index is 5.53. The quantitative estimate of drug-likeness (QED) is 0.574. The average Bonchev–Trinajstić information content (AvgIpc) is 2.27. The van der Waals surface area contributed by atoms with Gasteiger partial charge in [-0.2, -0.15) is 0 Å². The summed E-state index contributed by atoms with van der Waals surface area (Å²) >= 11 is 0. The predicted octanol–water partition coefficient (Wildman–Crippen LogP) is 0.802. The number of fused-ring (bicyclic) bond motifs is 1. The fourth-order valence-electron chi connectivity index (χ4n) is 1.43. The van der Waals surface area contributed by atoms with Gasteiger partial charge in [0.25, 0.3) is 0 Å². The van der Waals surface area contributed by atoms with Gasteiger partial charge in [0.1, 0.15) is 11.6 Å². The molecule has 0 unspecified atom stereocenters. The van der Waals surface area contributed by atoms with Crippen molar-refractivity contribution in [3.63, 3.8) is 0 Å². The molecule has 10 heavy (non-hydrogen) atoms. The SMILES string of the molecule is Nc1cn2c(n1)CCCC2. The van der Waals surface area contributed by atoms with Crippen molar-refractivity contribution in [1.82, 2.24) is 9.55 Å². The van der Waals surface area contributed by atoms with Crippen molar-refractivity contribution in [2.24, 2.45) is 0 Å². The minimum absolute atomic E-state index is 0.664. The first-order valence-electron chi connectivity index (χ1n) is 3.68. The summed E-state index contributed by atoms with van der Waals surface area (Å²) in [4.78, 5) is 4.19. The third-order valence-corrected chi connectivity index (χ3v) is 1.93. The van der Waals surface area contributed by atoms with Crippen LogP contribution in [0.4, 0.5) is 5.82 Å². The van der Waals surface area contributed by atoms with Crippen molar-refractivity contribution < 1.29 is 0 Å². The van der Waals surface area contributed by atoms with E-state index in [-0.39, 0.29) is 0 Å². The first-order valence-corrected chi connectivity index (χ1v) is 3.68. The van der Waals surface area contributed by atoms with Crippen LogP contribution in [-0.2, 0) is 13.0 Å². The van der Waals surface area contributed by atoms with Crippen LogP contribution in [0.25, 0.3) is 0 Å². The predicted molar refractivity (Wildman–Crippen MR) is 39.6 cm³/mol. The van der Waals surface area contributed by atoms with Gasteiger partial charge in [-0.3, -0.25) is 0 Å². The van der Waals surface area contributed by atoms with E-state index < -0.39 is 0 Å². The van der Waals surface area contributed by atoms with Crippen molar-refractivity contribution >= 4 is 5.82 Å². The first-order chi connectivity index (χ1) is 4.86. The number of aryl methyl sites for hydroxylation is 2. The van der Waals surface area contributed by atoms with Gasteiger partial charge < -0.3 is 10.3 Å². The minimum atomic E-state index is 0.664. The van der Waals surface area contributed by atoms with Gasteiger partial charge in [0, 0.05) is 19.2 Å². The molecule has 0 saturated heterocycles. The maximum Gasteiger partial charge on any atom is 0.141 e. The lowest BCUT2D eigenvalue weighted by Crippen LogP contribution is -2.08. The van der Waals surface area contributed by atoms with Crippen LogP contribution in [0.1, 0.15) is 18.7 Å². The molecular weight excluding hydrogens is 126 g/mol. The largest absolute Gasteiger partial charge is 0.382 e. The van der Waals surface area contributed by atoms with Crippen molar-refractivity contribution in [1.29, 1.82) is 0 Å². The van der Waals surface area contributed by atoms with E-state index in [4.69, 9.17) is 5.73 Å². The van der Waals surface area contributed by atoms with E-state index in [1.807, 2.05) is 6.20 Å². The number of hydrogen-bond donors (Lipinski definition) is 1. The third kappa shape index (κ3) is 0.781. The number of aromatic nitrogens is 2. The molecule has 2 rings (SSSR count). The molecule has 1 aliphatic heterocycles. The minimum Gasteiger partial charge on any atom is -0.382 e. The summed E-state index contributed by atoms with van der Waals surface area (Å²) in [5.74, 6) is 1.82. The molecule has 0 amide bonds. The molecule has 54 valence electrons. The summed E-state index contributed by atoms with van der Waals surface area (Å²) in [6.45, 7) is 1.10. The van der Waals surface area contributed by atoms with Crippen molar-refractivity contribution in [3.8, 4) is 0 Å². The molecule has 0 aliphatic carbocycles. The summed E-state index contributed by atoms with van der Waals surface area (Å²) < 4.78 is 2.15. The Balaban J connectivity index is 2.41. The lowest BCUT2D eigenvalue weighted by molar-refractivity contribution is 0.522. The van der Waals surface area contributed by atoms with E-state index in [1.54, 1.807) is 0 Å². The Bertz CT molecular complexity index is 215. The van der Waals surface area contributed by atoms with E-state index in [0.29, 0.717) is 5.82 Å². The molecule has 0 bridgehead atoms. The maximum absolute atomic E-state index is 5.53. The zero-order valence-corrected chi connectivity index (χ0v) is 5.88. The molecule has 1 aromatic heterocycles. The normalized spacial score (nSPS) is 16.8. The molecule has 1 aliphatic rings. The second-order valence-corrected chi connectivity index (χ2v) is 2.73. The zero-order chi connectivity index (χ0) is 6.97. The van der Waals surface area contributed by atoms with Gasteiger partial charge in [-0.05, 0) is 12.8 Å². The molecule has 2 heterocycles. The molecule has 2 N–H and O–H groups in total. The Kier molecular flexibility index (Phi) is 1.16. The summed E-state index contributed by atoms with van der Waals surface area (Å²) in [5, 5.41) is 0. The van der Waals surface area contributed by atoms with Gasteiger partial charge in [0.05, 0.1) is 0 Å². The molecule has 0 radical (unpaired) electrons. The lowest BCUT2D eigenvalue weighted by atomic mass is 10.2. The monoisotopic (exact) mass is 137 g/mol. The van der Waals surface area contributed by atoms with Gasteiger partial charge in [-0.1, -0.05) is 0 Å². The van der Waals surface area contributed by atoms with Crippen LogP contribution >= 0.6 is 0 Å². The molecule has 0 aromatic carbocycles. The summed E-state index contributed by atoms with van der Waals surface area (Å²) in [7, 11) is 0. The van der Waals surface area contributed by atoms with Crippen LogP contribution in [0.5, 0.6) is 0 Å². The highest BCUT2D eigenvalue weighted by Crippen LogP contribution is 2.14. The second-order valence-electron chi connectivity index (χ2n) is 2.73. The Morgan fingerprint density at radius 2 is 2.40 bits per heavy atom. The molecule has 0 atom stereocenters. The van der Waals surface area contributed by atoms with Crippen molar-refractivity contribution in [2.45, 2.75) is 25.8 Å². The fourth-order valence-corrected chi connectivity index (χ4v) is 1.43. The number of anilines is 1. The van der Waals surface area contributed by atoms with Gasteiger partial charge >= 0.3 is 0 Å². The van der Waals surface area contributed by atoms with Gasteiger partial charge in [0.15, 0.2) is 0 Å². The summed E-state index contributed by atoms with van der Waals surface area (Å²) in [6.07, 6.45) is 5.55. The Morgan fingerprint density at radius 3 is 3.20 bits per heavy atom. The number of nitrogens with two attached hydrogens (primary N) is 1. The van der Waals surface area contributed by atoms with Crippen molar-refractivity contribution in [3.05, 3.63) is 12.0 Å². The first kappa shape index (κ1) is 5.77. The Morgan fingerprint density at radius 1 is 1.50 bits per heavy atom. The highest BCUT2D eigenvalue weighted by atomic mass is 15.1. The molecule has 0 saturated carbocycles. The van der Waals surface area contributed by atoms with Crippen molar-refractivity contribution in [2.75, 3.05) is 5.73 Å². The van der Waals surface area contributed by atoms with Gasteiger partial charge in [-0.15, -0.1) is 0 Å². The molecule has 3 nitrogen and oxygen atoms in total. The number of rotatable bonds is 0. The third-order valence-electron chi connectivity index (χ3n) is 1.93. The van der Waals surface area contributed by atoms with E-state index >= 15 is 0 Å². The topological polar surface area (TPSA) is 43.8 Å². The zero-order valence-electron chi connectivity index (χ0n) is 5.88. The Labute approximate surface area is 59.9 Å². The second kappa shape index (κ2) is 2.01. The Hall–Kier alpha value is -0.990. The molecular formula is C7H11N3. The highest BCUT2D eigenvalue weighted by Gasteiger charge is 2.09. The van der Waals surface area contributed by atoms with Crippen LogP contribution in [0, 0.1) is 0 Å². The van der Waals surface area contributed by atoms with Gasteiger partial charge in [0.2, 0.25) is 0 Å². The number of nitrogen functional groups attached to an aromatic ring is 1. The van der Waals surface area contributed by atoms with E-state index in [1.165, 1.54) is 12.8 Å². The van der Waals surface area contributed by atoms with Crippen LogP contribution in [0.2, 0.25) is 0 Å². The lowest BCUT2D eigenvalue weighted by Gasteiger charge is -2.11. The molecule has 0 spiro atoms. The molecule has 3 heteroatoms. The van der Waals surface area contributed by atoms with Crippen LogP contribution in [-0.4, -0.2) is 9.55 Å². The number of hydrogen-bond acceptors (Lipinski definition) is 2. The molecule has 0 fully saturated rings. The highest BCUT2D eigenvalue weighted by molar-refractivity contribution is 5.26.